The van der Waals surface area contributed by atoms with Crippen LogP contribution in [0.15, 0.2) is 38.8 Å². The van der Waals surface area contributed by atoms with Crippen LogP contribution in [0.3, 0.4) is 0 Å². The van der Waals surface area contributed by atoms with E-state index in [0.29, 0.717) is 6.42 Å². The maximum Gasteiger partial charge on any atom is 0.330 e. The molecule has 1 aromatic heterocycles. The Morgan fingerprint density at radius 2 is 1.82 bits per heavy atom. The van der Waals surface area contributed by atoms with E-state index in [2.05, 4.69) is 9.71 Å². The molecule has 0 aliphatic heterocycles. The molecule has 0 bridgehead atoms. The van der Waals surface area contributed by atoms with Crippen LogP contribution in [0.1, 0.15) is 44.5 Å². The number of aromatic amines is 1. The number of hydrogen-bond donors (Lipinski definition) is 3. The van der Waals surface area contributed by atoms with Crippen molar-refractivity contribution < 1.29 is 17.9 Å². The van der Waals surface area contributed by atoms with E-state index in [1.165, 1.54) is 35.9 Å². The van der Waals surface area contributed by atoms with Gasteiger partial charge in [0.2, 0.25) is 10.0 Å². The number of carbonyl (C=O) groups excluding carboxylic acids is 1. The van der Waals surface area contributed by atoms with E-state index in [9.17, 15) is 22.8 Å². The molecule has 2 aromatic rings. The van der Waals surface area contributed by atoms with Crippen molar-refractivity contribution in [3.8, 4) is 0 Å². The van der Waals surface area contributed by atoms with Gasteiger partial charge in [0.15, 0.2) is 5.69 Å². The van der Waals surface area contributed by atoms with Gasteiger partial charge in [-0.25, -0.2) is 17.9 Å². The Balaban J connectivity index is 2.51. The largest absolute Gasteiger partial charge is 0.383 e. The molecule has 1 heterocycles. The highest BCUT2D eigenvalue weighted by molar-refractivity contribution is 7.89. The minimum Gasteiger partial charge on any atom is -0.383 e. The van der Waals surface area contributed by atoms with Gasteiger partial charge in [-0.15, -0.1) is 0 Å². The van der Waals surface area contributed by atoms with Crippen molar-refractivity contribution in [3.63, 3.8) is 0 Å². The minimum absolute atomic E-state index is 0.00808. The number of nitrogen functional groups attached to an aromatic ring is 1. The van der Waals surface area contributed by atoms with Crippen molar-refractivity contribution in [2.24, 2.45) is 0 Å². The number of rotatable bonds is 9. The molecule has 0 fully saturated rings. The fourth-order valence-electron chi connectivity index (χ4n) is 3.18. The fraction of sp³-hybridized carbons (Fsp3) is 0.476. The Hall–Kier alpha value is -2.96. The van der Waals surface area contributed by atoms with Crippen LogP contribution in [0.4, 0.5) is 11.5 Å². The van der Waals surface area contributed by atoms with Gasteiger partial charge in [0.25, 0.3) is 11.5 Å². The molecule has 12 heteroatoms. The minimum atomic E-state index is -3.79. The standard InChI is InChI=1S/C21H31N5O6S/c1-6-11-26-17(22)16(18(27)23-20(26)29)25(12-13-32-5)19(28)14-7-9-15(10-8-14)33(30,31)24-21(2,3)4/h7-10,24H,6,11-13,22H2,1-5H3,(H,23,27,29). The van der Waals surface area contributed by atoms with E-state index < -0.39 is 32.7 Å². The molecule has 0 aliphatic rings. The average molecular weight is 482 g/mol. The Bertz CT molecular complexity index is 1210. The Labute approximate surface area is 192 Å². The zero-order valence-electron chi connectivity index (χ0n) is 19.5. The Kier molecular flexibility index (Phi) is 8.22. The molecule has 11 nitrogen and oxygen atoms in total. The molecular formula is C21H31N5O6S. The summed E-state index contributed by atoms with van der Waals surface area (Å²) in [6.07, 6.45) is 0.583. The van der Waals surface area contributed by atoms with Crippen LogP contribution < -0.4 is 26.6 Å². The number of aromatic nitrogens is 2. The summed E-state index contributed by atoms with van der Waals surface area (Å²) in [5, 5.41) is 0. The highest BCUT2D eigenvalue weighted by atomic mass is 32.2. The number of ether oxygens (including phenoxy) is 1. The molecule has 0 unspecified atom stereocenters. The van der Waals surface area contributed by atoms with Crippen molar-refractivity contribution in [2.45, 2.75) is 51.1 Å². The topological polar surface area (TPSA) is 157 Å². The highest BCUT2D eigenvalue weighted by Gasteiger charge is 2.26. The number of nitrogens with one attached hydrogen (secondary N) is 2. The molecule has 2 rings (SSSR count). The molecule has 1 amide bonds. The number of carbonyl (C=O) groups is 1. The van der Waals surface area contributed by atoms with E-state index in [1.807, 2.05) is 6.92 Å². The van der Waals surface area contributed by atoms with Crippen LogP contribution in [-0.4, -0.2) is 49.7 Å². The van der Waals surface area contributed by atoms with Crippen LogP contribution in [0.25, 0.3) is 0 Å². The predicted octanol–water partition coefficient (Wildman–Crippen LogP) is 0.899. The van der Waals surface area contributed by atoms with Gasteiger partial charge in [-0.05, 0) is 51.5 Å². The van der Waals surface area contributed by atoms with Gasteiger partial charge in [-0.1, -0.05) is 6.92 Å². The van der Waals surface area contributed by atoms with Crippen LogP contribution in [0.2, 0.25) is 0 Å². The molecule has 0 saturated heterocycles. The van der Waals surface area contributed by atoms with Crippen LogP contribution >= 0.6 is 0 Å². The van der Waals surface area contributed by atoms with Gasteiger partial charge < -0.3 is 10.5 Å². The zero-order chi connectivity index (χ0) is 25.0. The van der Waals surface area contributed by atoms with E-state index in [1.54, 1.807) is 20.8 Å². The summed E-state index contributed by atoms with van der Waals surface area (Å²) >= 11 is 0. The number of benzene rings is 1. The molecule has 0 aliphatic carbocycles. The maximum atomic E-state index is 13.3. The second-order valence-electron chi connectivity index (χ2n) is 8.47. The van der Waals surface area contributed by atoms with Crippen molar-refractivity contribution in [3.05, 3.63) is 50.7 Å². The number of methoxy groups -OCH3 is 1. The van der Waals surface area contributed by atoms with Gasteiger partial charge in [-0.3, -0.25) is 24.0 Å². The fourth-order valence-corrected chi connectivity index (χ4v) is 4.59. The van der Waals surface area contributed by atoms with Gasteiger partial charge in [0.05, 0.1) is 11.5 Å². The molecule has 1 aromatic carbocycles. The number of nitrogens with zero attached hydrogens (tertiary/aromatic N) is 2. The lowest BCUT2D eigenvalue weighted by atomic mass is 10.1. The van der Waals surface area contributed by atoms with Gasteiger partial charge in [0, 0.05) is 31.3 Å². The molecule has 0 atom stereocenters. The monoisotopic (exact) mass is 481 g/mol. The number of anilines is 2. The van der Waals surface area contributed by atoms with Crippen LogP contribution in [-0.2, 0) is 21.3 Å². The van der Waals surface area contributed by atoms with Crippen molar-refractivity contribution >= 4 is 27.4 Å². The number of sulfonamides is 1. The smallest absolute Gasteiger partial charge is 0.330 e. The summed E-state index contributed by atoms with van der Waals surface area (Å²) in [5.41, 5.74) is 3.94. The molecular weight excluding hydrogens is 450 g/mol. The normalized spacial score (nSPS) is 12.0. The van der Waals surface area contributed by atoms with Gasteiger partial charge in [-0.2, -0.15) is 0 Å². The summed E-state index contributed by atoms with van der Waals surface area (Å²) in [6, 6.07) is 5.32. The number of H-pyrrole nitrogens is 1. The predicted molar refractivity (Wildman–Crippen MR) is 126 cm³/mol. The lowest BCUT2D eigenvalue weighted by Gasteiger charge is -2.24. The molecule has 0 saturated carbocycles. The summed E-state index contributed by atoms with van der Waals surface area (Å²) in [7, 11) is -2.34. The van der Waals surface area contributed by atoms with Crippen molar-refractivity contribution in [1.29, 1.82) is 0 Å². The highest BCUT2D eigenvalue weighted by Crippen LogP contribution is 2.21. The lowest BCUT2D eigenvalue weighted by Crippen LogP contribution is -2.42. The molecule has 182 valence electrons. The van der Waals surface area contributed by atoms with Gasteiger partial charge in [0.1, 0.15) is 5.82 Å². The molecule has 0 radical (unpaired) electrons. The summed E-state index contributed by atoms with van der Waals surface area (Å²) < 4.78 is 33.9. The molecule has 4 N–H and O–H groups in total. The third-order valence-corrected chi connectivity index (χ3v) is 6.32. The summed E-state index contributed by atoms with van der Waals surface area (Å²) in [6.45, 7) is 7.34. The molecule has 0 spiro atoms. The average Bonchev–Trinajstić information content (AvgIpc) is 2.71. The van der Waals surface area contributed by atoms with E-state index in [-0.39, 0.29) is 41.7 Å². The molecule has 33 heavy (non-hydrogen) atoms. The van der Waals surface area contributed by atoms with Crippen molar-refractivity contribution in [2.75, 3.05) is 30.9 Å². The van der Waals surface area contributed by atoms with E-state index in [4.69, 9.17) is 10.5 Å². The summed E-state index contributed by atoms with van der Waals surface area (Å²) in [5.74, 6) is -0.734. The first-order valence-electron chi connectivity index (χ1n) is 10.4. The Morgan fingerprint density at radius 1 is 1.21 bits per heavy atom. The first kappa shape index (κ1) is 26.3. The third kappa shape index (κ3) is 6.30. The lowest BCUT2D eigenvalue weighted by molar-refractivity contribution is 0.0975. The number of nitrogens with two attached hydrogens (primary N) is 1. The third-order valence-electron chi connectivity index (χ3n) is 4.55. The number of amides is 1. The quantitative estimate of drug-likeness (QED) is 0.480. The Morgan fingerprint density at radius 3 is 2.33 bits per heavy atom. The van der Waals surface area contributed by atoms with E-state index >= 15 is 0 Å². The van der Waals surface area contributed by atoms with E-state index in [0.717, 1.165) is 4.90 Å². The second-order valence-corrected chi connectivity index (χ2v) is 10.2. The second kappa shape index (κ2) is 10.3. The summed E-state index contributed by atoms with van der Waals surface area (Å²) in [4.78, 5) is 41.4. The van der Waals surface area contributed by atoms with Crippen LogP contribution in [0.5, 0.6) is 0 Å². The SMILES string of the molecule is CCCn1c(N)c(N(CCOC)C(=O)c2ccc(S(=O)(=O)NC(C)(C)C)cc2)c(=O)[nH]c1=O. The first-order valence-corrected chi connectivity index (χ1v) is 11.9. The first-order chi connectivity index (χ1) is 15.3. The van der Waals surface area contributed by atoms with Gasteiger partial charge >= 0.3 is 5.69 Å². The zero-order valence-corrected chi connectivity index (χ0v) is 20.3. The number of hydrogen-bond acceptors (Lipinski definition) is 7. The van der Waals surface area contributed by atoms with Crippen LogP contribution in [0, 0.1) is 0 Å². The maximum absolute atomic E-state index is 13.3. The van der Waals surface area contributed by atoms with Crippen molar-refractivity contribution in [1.82, 2.24) is 14.3 Å².